The molecule has 0 atom stereocenters. The summed E-state index contributed by atoms with van der Waals surface area (Å²) in [5.74, 6) is 0.431. The van der Waals surface area contributed by atoms with Crippen molar-refractivity contribution in [1.82, 2.24) is 9.97 Å². The molecule has 3 aromatic carbocycles. The fourth-order valence-corrected chi connectivity index (χ4v) is 3.30. The van der Waals surface area contributed by atoms with Crippen molar-refractivity contribution in [3.8, 4) is 28.1 Å². The van der Waals surface area contributed by atoms with Crippen molar-refractivity contribution >= 4 is 23.3 Å². The highest BCUT2D eigenvalue weighted by Gasteiger charge is 2.12. The van der Waals surface area contributed by atoms with Gasteiger partial charge in [-0.05, 0) is 34.9 Å². The van der Waals surface area contributed by atoms with E-state index in [0.29, 0.717) is 22.3 Å². The van der Waals surface area contributed by atoms with Gasteiger partial charge in [-0.15, -0.1) is 0 Å². The molecule has 5 nitrogen and oxygen atoms in total. The number of amides is 1. The average molecular weight is 416 g/mol. The summed E-state index contributed by atoms with van der Waals surface area (Å²) >= 11 is 6.42. The molecule has 1 N–H and O–H groups in total. The number of anilines is 1. The second-order valence-electron chi connectivity index (χ2n) is 6.54. The maximum Gasteiger partial charge on any atom is 0.256 e. The summed E-state index contributed by atoms with van der Waals surface area (Å²) in [4.78, 5) is 20.7. The number of ether oxygens (including phenoxy) is 1. The summed E-state index contributed by atoms with van der Waals surface area (Å²) in [5, 5.41) is 3.32. The highest BCUT2D eigenvalue weighted by atomic mass is 35.5. The van der Waals surface area contributed by atoms with Gasteiger partial charge < -0.3 is 10.1 Å². The molecule has 4 aromatic rings. The van der Waals surface area contributed by atoms with Crippen molar-refractivity contribution in [3.63, 3.8) is 0 Å². The molecule has 30 heavy (non-hydrogen) atoms. The SMILES string of the molecule is COc1cc(NC(=O)c2ccc(Cl)c(-c3ccc(-c4ccccc4)cc3)c2)ncn1. The Morgan fingerprint density at radius 1 is 0.867 bits per heavy atom. The standard InChI is InChI=1S/C24H18ClN3O2/c1-30-23-14-22(26-15-27-23)28-24(29)19-11-12-21(25)20(13-19)18-9-7-17(8-10-18)16-5-3-2-4-6-16/h2-15H,1H3,(H,26,27,28,29). The maximum absolute atomic E-state index is 12.7. The third-order valence-corrected chi connectivity index (χ3v) is 4.95. The van der Waals surface area contributed by atoms with Crippen molar-refractivity contribution in [2.24, 2.45) is 0 Å². The lowest BCUT2D eigenvalue weighted by molar-refractivity contribution is 0.102. The molecule has 6 heteroatoms. The number of hydrogen-bond acceptors (Lipinski definition) is 4. The Morgan fingerprint density at radius 3 is 2.30 bits per heavy atom. The van der Waals surface area contributed by atoms with Crippen LogP contribution >= 0.6 is 11.6 Å². The molecule has 0 radical (unpaired) electrons. The van der Waals surface area contributed by atoms with Crippen molar-refractivity contribution in [2.75, 3.05) is 12.4 Å². The Labute approximate surface area is 179 Å². The van der Waals surface area contributed by atoms with Crippen LogP contribution < -0.4 is 10.1 Å². The van der Waals surface area contributed by atoms with Crippen molar-refractivity contribution in [1.29, 1.82) is 0 Å². The first kappa shape index (κ1) is 19.6. The zero-order chi connectivity index (χ0) is 20.9. The normalized spacial score (nSPS) is 10.5. The number of hydrogen-bond donors (Lipinski definition) is 1. The first-order valence-corrected chi connectivity index (χ1v) is 9.64. The van der Waals surface area contributed by atoms with E-state index in [4.69, 9.17) is 16.3 Å². The average Bonchev–Trinajstić information content (AvgIpc) is 2.80. The first-order valence-electron chi connectivity index (χ1n) is 9.27. The topological polar surface area (TPSA) is 64.1 Å². The van der Waals surface area contributed by atoms with Crippen molar-refractivity contribution < 1.29 is 9.53 Å². The highest BCUT2D eigenvalue weighted by molar-refractivity contribution is 6.33. The minimum absolute atomic E-state index is 0.297. The Hall–Kier alpha value is -3.70. The van der Waals surface area contributed by atoms with Gasteiger partial charge in [0.05, 0.1) is 7.11 Å². The van der Waals surface area contributed by atoms with E-state index in [2.05, 4.69) is 27.4 Å². The fourth-order valence-electron chi connectivity index (χ4n) is 3.07. The number of methoxy groups -OCH3 is 1. The molecule has 0 aliphatic rings. The van der Waals surface area contributed by atoms with Gasteiger partial charge in [-0.3, -0.25) is 4.79 Å². The van der Waals surface area contributed by atoms with Crippen LogP contribution in [0.15, 0.2) is 85.2 Å². The molecule has 0 saturated carbocycles. The van der Waals surface area contributed by atoms with E-state index in [-0.39, 0.29) is 5.91 Å². The molecule has 0 aliphatic carbocycles. The van der Waals surface area contributed by atoms with Crippen LogP contribution in [0.25, 0.3) is 22.3 Å². The van der Waals surface area contributed by atoms with Crippen LogP contribution in [-0.2, 0) is 0 Å². The molecule has 1 heterocycles. The Kier molecular flexibility index (Phi) is 5.72. The van der Waals surface area contributed by atoms with Gasteiger partial charge in [0.1, 0.15) is 12.1 Å². The lowest BCUT2D eigenvalue weighted by atomic mass is 9.99. The van der Waals surface area contributed by atoms with Crippen LogP contribution in [0.2, 0.25) is 5.02 Å². The third-order valence-electron chi connectivity index (χ3n) is 4.62. The monoisotopic (exact) mass is 415 g/mol. The summed E-state index contributed by atoms with van der Waals surface area (Å²) < 4.78 is 5.06. The zero-order valence-electron chi connectivity index (χ0n) is 16.2. The fraction of sp³-hybridized carbons (Fsp3) is 0.0417. The van der Waals surface area contributed by atoms with Gasteiger partial charge in [0.25, 0.3) is 5.91 Å². The Balaban J connectivity index is 1.59. The molecule has 0 saturated heterocycles. The number of rotatable bonds is 5. The van der Waals surface area contributed by atoms with E-state index in [1.165, 1.54) is 13.4 Å². The van der Waals surface area contributed by atoms with Gasteiger partial charge in [0.2, 0.25) is 5.88 Å². The Morgan fingerprint density at radius 2 is 1.57 bits per heavy atom. The molecule has 0 spiro atoms. The number of nitrogens with one attached hydrogen (secondary N) is 1. The lowest BCUT2D eigenvalue weighted by Gasteiger charge is -2.10. The quantitative estimate of drug-likeness (QED) is 0.452. The van der Waals surface area contributed by atoms with E-state index in [0.717, 1.165) is 22.3 Å². The second-order valence-corrected chi connectivity index (χ2v) is 6.94. The maximum atomic E-state index is 12.7. The predicted octanol–water partition coefficient (Wildman–Crippen LogP) is 5.72. The van der Waals surface area contributed by atoms with Crippen LogP contribution in [0.3, 0.4) is 0 Å². The molecule has 0 aliphatic heterocycles. The summed E-state index contributed by atoms with van der Waals surface area (Å²) in [7, 11) is 1.50. The molecule has 1 aromatic heterocycles. The molecular formula is C24H18ClN3O2. The van der Waals surface area contributed by atoms with Gasteiger partial charge >= 0.3 is 0 Å². The molecule has 1 amide bonds. The largest absolute Gasteiger partial charge is 0.481 e. The van der Waals surface area contributed by atoms with E-state index in [1.54, 1.807) is 24.3 Å². The van der Waals surface area contributed by atoms with Crippen molar-refractivity contribution in [2.45, 2.75) is 0 Å². The molecule has 0 fully saturated rings. The number of aromatic nitrogens is 2. The number of carbonyl (C=O) groups is 1. The number of benzene rings is 3. The van der Waals surface area contributed by atoms with Crippen LogP contribution in [-0.4, -0.2) is 23.0 Å². The van der Waals surface area contributed by atoms with Gasteiger partial charge in [0, 0.05) is 22.2 Å². The molecule has 0 bridgehead atoms. The van der Waals surface area contributed by atoms with Crippen LogP contribution in [0.1, 0.15) is 10.4 Å². The van der Waals surface area contributed by atoms with E-state index >= 15 is 0 Å². The van der Waals surface area contributed by atoms with Gasteiger partial charge in [-0.1, -0.05) is 66.2 Å². The smallest absolute Gasteiger partial charge is 0.256 e. The summed E-state index contributed by atoms with van der Waals surface area (Å²) in [5.41, 5.74) is 4.44. The molecule has 0 unspecified atom stereocenters. The minimum Gasteiger partial charge on any atom is -0.481 e. The summed E-state index contributed by atoms with van der Waals surface area (Å²) in [6.07, 6.45) is 1.33. The first-order chi connectivity index (χ1) is 14.6. The lowest BCUT2D eigenvalue weighted by Crippen LogP contribution is -2.13. The van der Waals surface area contributed by atoms with Gasteiger partial charge in [0.15, 0.2) is 0 Å². The second kappa shape index (κ2) is 8.76. The van der Waals surface area contributed by atoms with Crippen molar-refractivity contribution in [3.05, 3.63) is 95.8 Å². The van der Waals surface area contributed by atoms with E-state index in [9.17, 15) is 4.79 Å². The van der Waals surface area contributed by atoms with Crippen LogP contribution in [0.4, 0.5) is 5.82 Å². The van der Waals surface area contributed by atoms with Gasteiger partial charge in [-0.25, -0.2) is 9.97 Å². The third kappa shape index (κ3) is 4.31. The van der Waals surface area contributed by atoms with E-state index in [1.807, 2.05) is 42.5 Å². The minimum atomic E-state index is -0.297. The van der Waals surface area contributed by atoms with Crippen LogP contribution in [0, 0.1) is 0 Å². The van der Waals surface area contributed by atoms with Gasteiger partial charge in [-0.2, -0.15) is 0 Å². The summed E-state index contributed by atoms with van der Waals surface area (Å²) in [6.45, 7) is 0. The number of halogens is 1. The summed E-state index contributed by atoms with van der Waals surface area (Å²) in [6, 6.07) is 24.9. The molecule has 4 rings (SSSR count). The highest BCUT2D eigenvalue weighted by Crippen LogP contribution is 2.31. The predicted molar refractivity (Wildman–Crippen MR) is 119 cm³/mol. The number of nitrogens with zero attached hydrogens (tertiary/aromatic N) is 2. The number of carbonyl (C=O) groups excluding carboxylic acids is 1. The Bertz CT molecular complexity index is 1180. The molecule has 148 valence electrons. The molecular weight excluding hydrogens is 398 g/mol. The zero-order valence-corrected chi connectivity index (χ0v) is 16.9. The van der Waals surface area contributed by atoms with E-state index < -0.39 is 0 Å². The van der Waals surface area contributed by atoms with Crippen LogP contribution in [0.5, 0.6) is 5.88 Å².